The van der Waals surface area contributed by atoms with Crippen molar-refractivity contribution in [1.82, 2.24) is 5.32 Å². The first-order valence-electron chi connectivity index (χ1n) is 39.3. The summed E-state index contributed by atoms with van der Waals surface area (Å²) in [7, 11) is 0. The Bertz CT molecular complexity index is 4850. The second-order valence-electron chi connectivity index (χ2n) is 34.2. The number of nitrogens with one attached hydrogen (secondary N) is 1. The van der Waals surface area contributed by atoms with Gasteiger partial charge in [-0.3, -0.25) is 33.6 Å². The van der Waals surface area contributed by atoms with Crippen LogP contribution in [0.2, 0.25) is 0 Å². The number of Topliss-reactive ketones (excluding diaryl/α,β-unsaturated/α-hetero) is 4. The van der Waals surface area contributed by atoms with Gasteiger partial charge in [-0.25, -0.2) is 14.4 Å². The van der Waals surface area contributed by atoms with Crippen molar-refractivity contribution >= 4 is 58.9 Å². The maximum Gasteiger partial charge on any atom is 0.374 e. The highest BCUT2D eigenvalue weighted by atomic mass is 16.6. The predicted molar refractivity (Wildman–Crippen MR) is 412 cm³/mol. The van der Waals surface area contributed by atoms with Gasteiger partial charge in [0.2, 0.25) is 11.5 Å². The third-order valence-electron chi connectivity index (χ3n) is 27.5. The molecular formula is C90H101NO25. The number of carbonyl (C=O) groups is 10. The fourth-order valence-electron chi connectivity index (χ4n) is 21.1. The molecule has 0 radical (unpaired) electrons. The number of aliphatic hydroxyl groups excluding tert-OH is 4. The number of fused-ring (bicyclic) bond motifs is 10. The van der Waals surface area contributed by atoms with Crippen LogP contribution in [0.15, 0.2) is 189 Å². The molecule has 4 aromatic carbocycles. The number of amides is 1. The fourth-order valence-corrected chi connectivity index (χ4v) is 21.1. The Morgan fingerprint density at radius 2 is 1.03 bits per heavy atom. The SMILES string of the molecule is CC(=O)O[C@@]12CO[C@@H]1C[C@H](C)[C@@]1(C)C(=O)[C@H](C)C3=C(C)[C@@H](O)C[C@@](O)([C@@H](OC(=O)c4ccco4)C12)C3(C)C.CC(=O)O[C@@]12CO[C@@H]1C[C@H](O)[C@@]1(C)C(=O)[C@H](O)C3=C(C)[C@@H](OC(=O)[C@H](O)[C@@H](NC(=O)c4ccccc4)c4ccccc4)C[C@@](O)([C@@H](OC(=O)c4ccco4)C12)C3(C)C.C[C@H]1C(=O)C(C(=O)c2ccccc2)[C@H]1c1ccccc1. The lowest BCUT2D eigenvalue weighted by Gasteiger charge is -2.68. The lowest BCUT2D eigenvalue weighted by atomic mass is 9.42. The number of aliphatic hydroxyl groups is 6. The largest absolute Gasteiger partial charge is 0.457 e. The van der Waals surface area contributed by atoms with Gasteiger partial charge in [-0.15, -0.1) is 0 Å². The summed E-state index contributed by atoms with van der Waals surface area (Å²) in [4.78, 5) is 134. The maximum absolute atomic E-state index is 14.9. The van der Waals surface area contributed by atoms with Crippen LogP contribution in [0.1, 0.15) is 181 Å². The summed E-state index contributed by atoms with van der Waals surface area (Å²) in [5.74, 6) is -10.4. The first kappa shape index (κ1) is 84.0. The third-order valence-corrected chi connectivity index (χ3v) is 27.5. The minimum Gasteiger partial charge on any atom is -0.457 e. The normalized spacial score (nSPS) is 35.3. The molecule has 116 heavy (non-hydrogen) atoms. The van der Waals surface area contributed by atoms with E-state index >= 15 is 0 Å². The summed E-state index contributed by atoms with van der Waals surface area (Å²) in [6, 6.07) is 39.8. The number of hydrogen-bond acceptors (Lipinski definition) is 25. The number of ketones is 4. The van der Waals surface area contributed by atoms with Gasteiger partial charge in [-0.05, 0) is 103 Å². The molecule has 7 aliphatic carbocycles. The summed E-state index contributed by atoms with van der Waals surface area (Å²) in [6.45, 7) is 21.0. The molecule has 26 nitrogen and oxygen atoms in total. The van der Waals surface area contributed by atoms with Crippen molar-refractivity contribution in [1.29, 1.82) is 0 Å². The van der Waals surface area contributed by atoms with Crippen LogP contribution in [0.5, 0.6) is 0 Å². The molecular weight excluding hydrogens is 1490 g/mol. The van der Waals surface area contributed by atoms with E-state index in [2.05, 4.69) is 5.32 Å². The zero-order valence-corrected chi connectivity index (χ0v) is 67.0. The smallest absolute Gasteiger partial charge is 0.374 e. The quantitative estimate of drug-likeness (QED) is 0.0165. The Balaban J connectivity index is 0.000000171. The molecule has 15 rings (SSSR count). The van der Waals surface area contributed by atoms with Gasteiger partial charge < -0.3 is 77.9 Å². The fraction of sp³-hybridized carbons (Fsp3) is 0.489. The van der Waals surface area contributed by atoms with Crippen LogP contribution in [0, 0.1) is 57.2 Å². The number of hydrogen-bond donors (Lipinski definition) is 7. The first-order chi connectivity index (χ1) is 54.7. The van der Waals surface area contributed by atoms with E-state index in [-0.39, 0.29) is 89.4 Å². The second-order valence-corrected chi connectivity index (χ2v) is 34.2. The number of furan rings is 2. The molecule has 3 unspecified atom stereocenters. The van der Waals surface area contributed by atoms with Crippen LogP contribution < -0.4 is 5.32 Å². The van der Waals surface area contributed by atoms with Gasteiger partial charge in [0.05, 0.1) is 67.2 Å². The molecule has 2 aliphatic heterocycles. The van der Waals surface area contributed by atoms with Crippen molar-refractivity contribution < 1.29 is 121 Å². The van der Waals surface area contributed by atoms with Crippen molar-refractivity contribution in [2.75, 3.05) is 13.2 Å². The van der Waals surface area contributed by atoms with Gasteiger partial charge in [0.1, 0.15) is 59.4 Å². The molecule has 1 amide bonds. The monoisotopic (exact) mass is 1600 g/mol. The highest BCUT2D eigenvalue weighted by molar-refractivity contribution is 6.16. The number of benzene rings is 4. The summed E-state index contributed by atoms with van der Waals surface area (Å²) < 4.78 is 52.7. The third kappa shape index (κ3) is 13.5. The minimum absolute atomic E-state index is 0.00146. The van der Waals surface area contributed by atoms with Crippen molar-refractivity contribution in [2.45, 2.75) is 205 Å². The second kappa shape index (κ2) is 31.2. The molecule has 2 saturated heterocycles. The van der Waals surface area contributed by atoms with E-state index in [1.165, 1.54) is 65.3 Å². The molecule has 4 heterocycles. The van der Waals surface area contributed by atoms with Gasteiger partial charge in [0.25, 0.3) is 5.91 Å². The van der Waals surface area contributed by atoms with Gasteiger partial charge in [-0.1, -0.05) is 165 Å². The molecule has 7 N–H and O–H groups in total. The van der Waals surface area contributed by atoms with Crippen LogP contribution in [0.4, 0.5) is 0 Å². The molecule has 0 spiro atoms. The summed E-state index contributed by atoms with van der Waals surface area (Å²) in [5, 5.41) is 75.7. The van der Waals surface area contributed by atoms with Crippen LogP contribution >= 0.6 is 0 Å². The Morgan fingerprint density at radius 1 is 0.552 bits per heavy atom. The number of carbonyl (C=O) groups excluding carboxylic acids is 10. The molecule has 2 aromatic heterocycles. The van der Waals surface area contributed by atoms with Gasteiger partial charge in [0.15, 0.2) is 28.9 Å². The van der Waals surface area contributed by atoms with Crippen LogP contribution in [0.25, 0.3) is 0 Å². The zero-order chi connectivity index (χ0) is 84.1. The van der Waals surface area contributed by atoms with Gasteiger partial charge in [-0.2, -0.15) is 0 Å². The topological polar surface area (TPSA) is 395 Å². The Morgan fingerprint density at radius 3 is 1.52 bits per heavy atom. The average Bonchev–Trinajstić information content (AvgIpc) is 0.706. The summed E-state index contributed by atoms with van der Waals surface area (Å²) in [5.41, 5.74) is -9.48. The molecule has 6 aromatic rings. The predicted octanol–water partition coefficient (Wildman–Crippen LogP) is 9.47. The lowest BCUT2D eigenvalue weighted by molar-refractivity contribution is -0.346. The summed E-state index contributed by atoms with van der Waals surface area (Å²) >= 11 is 0. The Labute approximate surface area is 671 Å². The number of esters is 5. The van der Waals surface area contributed by atoms with Gasteiger partial charge >= 0.3 is 29.8 Å². The van der Waals surface area contributed by atoms with E-state index in [1.54, 1.807) is 85.8 Å². The number of rotatable bonds is 15. The molecule has 9 aliphatic rings. The highest BCUT2D eigenvalue weighted by Crippen LogP contribution is 2.68. The molecule has 26 heteroatoms. The van der Waals surface area contributed by atoms with Crippen LogP contribution in [-0.4, -0.2) is 180 Å². The molecule has 4 bridgehead atoms. The summed E-state index contributed by atoms with van der Waals surface area (Å²) in [6.07, 6.45) is -10.7. The van der Waals surface area contributed by atoms with E-state index in [0.29, 0.717) is 28.7 Å². The van der Waals surface area contributed by atoms with Crippen molar-refractivity contribution in [3.63, 3.8) is 0 Å². The van der Waals surface area contributed by atoms with E-state index < -0.39 is 177 Å². The average molecular weight is 1600 g/mol. The Hall–Kier alpha value is -9.90. The highest BCUT2D eigenvalue weighted by Gasteiger charge is 2.80. The van der Waals surface area contributed by atoms with E-state index in [1.807, 2.05) is 90.1 Å². The van der Waals surface area contributed by atoms with Crippen molar-refractivity contribution in [3.05, 3.63) is 214 Å². The van der Waals surface area contributed by atoms with Crippen molar-refractivity contribution in [2.24, 2.45) is 57.2 Å². The molecule has 7 fully saturated rings. The van der Waals surface area contributed by atoms with E-state index in [9.17, 15) is 78.6 Å². The van der Waals surface area contributed by atoms with Gasteiger partial charge in [0, 0.05) is 78.2 Å². The molecule has 23 atom stereocenters. The first-order valence-corrected chi connectivity index (χ1v) is 39.3. The lowest BCUT2D eigenvalue weighted by Crippen LogP contribution is -2.81. The van der Waals surface area contributed by atoms with Crippen LogP contribution in [0.3, 0.4) is 0 Å². The minimum atomic E-state index is -2.38. The molecule has 5 saturated carbocycles. The standard InChI is InChI=1S/C43H47NO14.C29H38O9.C18H16O2/c1-22-27(56-39(52)33(48)31(24-13-8-6-9-14-24)44-37(50)25-15-10-7-11-16-25)20-43(53)36(57-38(51)26-17-12-18-54-26)34-41(5,35(49)32(47)30(22)40(43,3)4)28(46)19-29-42(34,21-55-29)58-23(2)45;1-14-11-20-28(13-36-20,38-17(4)30)22-24(37-25(33)19-9-8-10-35-19)29(34)12-18(31)15(2)21(26(29,5)6)16(3)23(32)27(14,22)7;1-12-15(13-8-4-2-5-9-13)16(17(12)19)18(20)14-10-6-3-7-11-14/h6-18,27-29,31-34,36,46-48,53H,19-21H2,1-5H3,(H,44,50);8-10,14,16,18,20,22,24,31,34H,11-13H2,1-7H3;2-12,15-16H,1H3/t27-,28-,29+,31-,32+,33+,34?,36-,41+,42-,43+;14-,16+,18-,20+,22?,24-,27+,28-,29+;12-,15-,16?/m001/s1. The van der Waals surface area contributed by atoms with Crippen LogP contribution in [-0.2, 0) is 61.9 Å². The van der Waals surface area contributed by atoms with Crippen molar-refractivity contribution in [3.8, 4) is 0 Å². The van der Waals surface area contributed by atoms with E-state index in [0.717, 1.165) is 12.5 Å². The maximum atomic E-state index is 14.9. The Kier molecular flexibility index (Phi) is 22.6. The van der Waals surface area contributed by atoms with E-state index in [4.69, 9.17) is 42.0 Å². The number of ether oxygens (including phenoxy) is 7. The zero-order valence-electron chi connectivity index (χ0n) is 67.0. The molecule has 616 valence electrons.